The summed E-state index contributed by atoms with van der Waals surface area (Å²) in [5.74, 6) is 0.0501. The molecule has 1 saturated heterocycles. The monoisotopic (exact) mass is 214 g/mol. The van der Waals surface area contributed by atoms with Gasteiger partial charge in [0.1, 0.15) is 6.61 Å². The van der Waals surface area contributed by atoms with E-state index in [-0.39, 0.29) is 23.8 Å². The predicted molar refractivity (Wildman–Crippen MR) is 55.3 cm³/mol. The first-order valence-electron chi connectivity index (χ1n) is 5.19. The highest BCUT2D eigenvalue weighted by molar-refractivity contribution is 5.78. The molecule has 2 atom stereocenters. The standard InChI is InChI=1S/C10H18N2O3/c1-7(8(2)9(13)11-3)6-12-4-5-15-10(12)14/h7-8H,4-6H2,1-3H3,(H,11,13)/t7-,8-/m0/s1. The number of hydrogen-bond acceptors (Lipinski definition) is 3. The molecule has 2 amide bonds. The van der Waals surface area contributed by atoms with Crippen LogP contribution in [0, 0.1) is 11.8 Å². The molecule has 1 rings (SSSR count). The Bertz CT molecular complexity index is 255. The van der Waals surface area contributed by atoms with E-state index in [9.17, 15) is 9.59 Å². The molecule has 0 saturated carbocycles. The molecule has 86 valence electrons. The van der Waals surface area contributed by atoms with Gasteiger partial charge in [0.15, 0.2) is 0 Å². The van der Waals surface area contributed by atoms with Crippen molar-refractivity contribution in [1.82, 2.24) is 10.2 Å². The van der Waals surface area contributed by atoms with Gasteiger partial charge in [-0.25, -0.2) is 4.79 Å². The maximum absolute atomic E-state index is 11.4. The Morgan fingerprint density at radius 2 is 2.27 bits per heavy atom. The molecule has 0 unspecified atom stereocenters. The molecule has 0 aromatic heterocycles. The van der Waals surface area contributed by atoms with E-state index >= 15 is 0 Å². The molecule has 5 nitrogen and oxygen atoms in total. The Hall–Kier alpha value is -1.26. The Labute approximate surface area is 89.8 Å². The second-order valence-electron chi connectivity index (χ2n) is 3.94. The van der Waals surface area contributed by atoms with Gasteiger partial charge in [0.25, 0.3) is 0 Å². The van der Waals surface area contributed by atoms with E-state index in [4.69, 9.17) is 4.74 Å². The molecule has 1 aliphatic rings. The van der Waals surface area contributed by atoms with Gasteiger partial charge in [-0.1, -0.05) is 13.8 Å². The van der Waals surface area contributed by atoms with Gasteiger partial charge in [-0.3, -0.25) is 4.79 Å². The van der Waals surface area contributed by atoms with Gasteiger partial charge in [0, 0.05) is 19.5 Å². The van der Waals surface area contributed by atoms with Crippen molar-refractivity contribution in [1.29, 1.82) is 0 Å². The van der Waals surface area contributed by atoms with E-state index in [1.54, 1.807) is 11.9 Å². The van der Waals surface area contributed by atoms with Crippen molar-refractivity contribution in [2.24, 2.45) is 11.8 Å². The van der Waals surface area contributed by atoms with Crippen molar-refractivity contribution in [3.05, 3.63) is 0 Å². The SMILES string of the molecule is CNC(=O)[C@@H](C)[C@@H](C)CN1CCOC1=O. The van der Waals surface area contributed by atoms with Crippen LogP contribution in [0.3, 0.4) is 0 Å². The van der Waals surface area contributed by atoms with Gasteiger partial charge in [-0.05, 0) is 5.92 Å². The summed E-state index contributed by atoms with van der Waals surface area (Å²) in [6, 6.07) is 0. The zero-order chi connectivity index (χ0) is 11.4. The van der Waals surface area contributed by atoms with Gasteiger partial charge in [-0.15, -0.1) is 0 Å². The molecule has 0 aliphatic carbocycles. The number of amides is 2. The van der Waals surface area contributed by atoms with Crippen LogP contribution in [0.15, 0.2) is 0 Å². The number of rotatable bonds is 4. The summed E-state index contributed by atoms with van der Waals surface area (Å²) in [7, 11) is 1.62. The maximum Gasteiger partial charge on any atom is 0.409 e. The van der Waals surface area contributed by atoms with Crippen molar-refractivity contribution in [3.63, 3.8) is 0 Å². The molecular formula is C10H18N2O3. The third kappa shape index (κ3) is 2.84. The van der Waals surface area contributed by atoms with Crippen molar-refractivity contribution in [3.8, 4) is 0 Å². The average Bonchev–Trinajstić information content (AvgIpc) is 2.62. The zero-order valence-corrected chi connectivity index (χ0v) is 9.45. The van der Waals surface area contributed by atoms with Crippen LogP contribution in [0.2, 0.25) is 0 Å². The van der Waals surface area contributed by atoms with Crippen molar-refractivity contribution >= 4 is 12.0 Å². The highest BCUT2D eigenvalue weighted by Crippen LogP contribution is 2.15. The number of ether oxygens (including phenoxy) is 1. The lowest BCUT2D eigenvalue weighted by atomic mass is 9.95. The lowest BCUT2D eigenvalue weighted by Crippen LogP contribution is -2.37. The van der Waals surface area contributed by atoms with Crippen LogP contribution >= 0.6 is 0 Å². The molecule has 0 spiro atoms. The number of cyclic esters (lactones) is 1. The Morgan fingerprint density at radius 1 is 1.60 bits per heavy atom. The van der Waals surface area contributed by atoms with Crippen LogP contribution in [0.4, 0.5) is 4.79 Å². The summed E-state index contributed by atoms with van der Waals surface area (Å²) < 4.78 is 4.82. The molecule has 1 heterocycles. The third-order valence-corrected chi connectivity index (χ3v) is 2.87. The van der Waals surface area contributed by atoms with E-state index in [1.807, 2.05) is 13.8 Å². The van der Waals surface area contributed by atoms with Crippen LogP contribution in [-0.4, -0.2) is 43.6 Å². The maximum atomic E-state index is 11.4. The minimum absolute atomic E-state index is 0.00932. The van der Waals surface area contributed by atoms with Gasteiger partial charge in [0.05, 0.1) is 6.54 Å². The number of carbonyl (C=O) groups is 2. The van der Waals surface area contributed by atoms with Crippen molar-refractivity contribution in [2.75, 3.05) is 26.7 Å². The Balaban J connectivity index is 2.43. The molecule has 0 radical (unpaired) electrons. The minimum atomic E-state index is -0.272. The number of carbonyl (C=O) groups excluding carboxylic acids is 2. The first-order chi connectivity index (χ1) is 7.06. The molecule has 1 N–H and O–H groups in total. The zero-order valence-electron chi connectivity index (χ0n) is 9.45. The second kappa shape index (κ2) is 5.00. The average molecular weight is 214 g/mol. The van der Waals surface area contributed by atoms with Gasteiger partial charge in [0.2, 0.25) is 5.91 Å². The summed E-state index contributed by atoms with van der Waals surface area (Å²) in [4.78, 5) is 24.2. The van der Waals surface area contributed by atoms with E-state index in [1.165, 1.54) is 0 Å². The Morgan fingerprint density at radius 3 is 2.73 bits per heavy atom. The van der Waals surface area contributed by atoms with E-state index < -0.39 is 0 Å². The molecule has 0 bridgehead atoms. The van der Waals surface area contributed by atoms with Crippen LogP contribution in [0.5, 0.6) is 0 Å². The summed E-state index contributed by atoms with van der Waals surface area (Å²) in [6.45, 7) is 5.49. The van der Waals surface area contributed by atoms with Crippen molar-refractivity contribution in [2.45, 2.75) is 13.8 Å². The summed E-state index contributed by atoms with van der Waals surface area (Å²) in [5.41, 5.74) is 0. The fourth-order valence-corrected chi connectivity index (χ4v) is 1.58. The molecule has 1 fully saturated rings. The number of nitrogens with zero attached hydrogens (tertiary/aromatic N) is 1. The van der Waals surface area contributed by atoms with Crippen LogP contribution in [0.1, 0.15) is 13.8 Å². The minimum Gasteiger partial charge on any atom is -0.448 e. The summed E-state index contributed by atoms with van der Waals surface area (Å²) in [5, 5.41) is 2.61. The smallest absolute Gasteiger partial charge is 0.409 e. The summed E-state index contributed by atoms with van der Waals surface area (Å²) in [6.07, 6.45) is -0.272. The first-order valence-corrected chi connectivity index (χ1v) is 5.19. The van der Waals surface area contributed by atoms with Gasteiger partial charge >= 0.3 is 6.09 Å². The van der Waals surface area contributed by atoms with E-state index in [0.717, 1.165) is 0 Å². The molecule has 0 aromatic rings. The fourth-order valence-electron chi connectivity index (χ4n) is 1.58. The van der Waals surface area contributed by atoms with Crippen LogP contribution in [-0.2, 0) is 9.53 Å². The predicted octanol–water partition coefficient (Wildman–Crippen LogP) is 0.457. The quantitative estimate of drug-likeness (QED) is 0.739. The molecule has 5 heteroatoms. The van der Waals surface area contributed by atoms with Crippen molar-refractivity contribution < 1.29 is 14.3 Å². The van der Waals surface area contributed by atoms with Gasteiger partial charge in [-0.2, -0.15) is 0 Å². The number of hydrogen-bond donors (Lipinski definition) is 1. The largest absolute Gasteiger partial charge is 0.448 e. The van der Waals surface area contributed by atoms with Crippen LogP contribution < -0.4 is 5.32 Å². The summed E-state index contributed by atoms with van der Waals surface area (Å²) >= 11 is 0. The van der Waals surface area contributed by atoms with E-state index in [2.05, 4.69) is 5.32 Å². The molecular weight excluding hydrogens is 196 g/mol. The lowest BCUT2D eigenvalue weighted by molar-refractivity contribution is -0.125. The highest BCUT2D eigenvalue weighted by atomic mass is 16.6. The molecule has 0 aromatic carbocycles. The number of nitrogens with one attached hydrogen (secondary N) is 1. The Kier molecular flexibility index (Phi) is 3.94. The van der Waals surface area contributed by atoms with Crippen LogP contribution in [0.25, 0.3) is 0 Å². The van der Waals surface area contributed by atoms with E-state index in [0.29, 0.717) is 19.7 Å². The highest BCUT2D eigenvalue weighted by Gasteiger charge is 2.27. The normalized spacial score (nSPS) is 19.7. The second-order valence-corrected chi connectivity index (χ2v) is 3.94. The first kappa shape index (κ1) is 11.8. The topological polar surface area (TPSA) is 58.6 Å². The molecule has 1 aliphatic heterocycles. The fraction of sp³-hybridized carbons (Fsp3) is 0.800. The van der Waals surface area contributed by atoms with Gasteiger partial charge < -0.3 is 15.0 Å². The molecule has 15 heavy (non-hydrogen) atoms. The third-order valence-electron chi connectivity index (χ3n) is 2.87. The lowest BCUT2D eigenvalue weighted by Gasteiger charge is -2.22.